The quantitative estimate of drug-likeness (QED) is 0.486. The Morgan fingerprint density at radius 1 is 1.03 bits per heavy atom. The zero-order valence-corrected chi connectivity index (χ0v) is 17.4. The van der Waals surface area contributed by atoms with E-state index in [1.165, 1.54) is 5.56 Å². The summed E-state index contributed by atoms with van der Waals surface area (Å²) in [5, 5.41) is 19.0. The second-order valence-electron chi connectivity index (χ2n) is 7.44. The fourth-order valence-electron chi connectivity index (χ4n) is 3.26. The van der Waals surface area contributed by atoms with Crippen LogP contribution in [-0.2, 0) is 6.54 Å². The Kier molecular flexibility index (Phi) is 5.79. The number of nitrogens with zero attached hydrogens (tertiary/aromatic N) is 6. The largest absolute Gasteiger partial charge is 0.242 e. The molecule has 0 aliphatic carbocycles. The molecule has 0 unspecified atom stereocenters. The zero-order chi connectivity index (χ0) is 20.9. The Balaban J connectivity index is 1.61. The summed E-state index contributed by atoms with van der Waals surface area (Å²) >= 11 is 0. The van der Waals surface area contributed by atoms with E-state index in [4.69, 9.17) is 10.1 Å². The molecule has 0 saturated heterocycles. The van der Waals surface area contributed by atoms with Gasteiger partial charge in [0.05, 0.1) is 6.54 Å². The van der Waals surface area contributed by atoms with Gasteiger partial charge in [-0.05, 0) is 39.6 Å². The number of rotatable bonds is 7. The lowest BCUT2D eigenvalue weighted by atomic mass is 9.98. The van der Waals surface area contributed by atoms with Gasteiger partial charge < -0.3 is 0 Å². The molecule has 0 spiro atoms. The maximum atomic E-state index is 4.71. The summed E-state index contributed by atoms with van der Waals surface area (Å²) < 4.78 is 1.98. The molecule has 4 rings (SSSR count). The van der Waals surface area contributed by atoms with E-state index in [9.17, 15) is 0 Å². The average molecular weight is 400 g/mol. The van der Waals surface area contributed by atoms with Crippen molar-refractivity contribution in [3.8, 4) is 22.5 Å². The number of aromatic nitrogens is 7. The van der Waals surface area contributed by atoms with Gasteiger partial charge in [0.25, 0.3) is 0 Å². The van der Waals surface area contributed by atoms with E-state index in [-0.39, 0.29) is 0 Å². The van der Waals surface area contributed by atoms with Gasteiger partial charge >= 0.3 is 0 Å². The van der Waals surface area contributed by atoms with Crippen LogP contribution in [0.5, 0.6) is 0 Å². The van der Waals surface area contributed by atoms with Gasteiger partial charge in [-0.25, -0.2) is 14.8 Å². The molecule has 0 radical (unpaired) electrons. The van der Waals surface area contributed by atoms with E-state index >= 15 is 0 Å². The third-order valence-electron chi connectivity index (χ3n) is 4.86. The number of hydrogen-bond acceptors (Lipinski definition) is 5. The number of allylic oxidation sites excluding steroid dienone is 1. The molecule has 30 heavy (non-hydrogen) atoms. The topological polar surface area (TPSA) is 85.2 Å². The number of aromatic amines is 1. The van der Waals surface area contributed by atoms with Crippen molar-refractivity contribution in [1.82, 2.24) is 35.4 Å². The minimum atomic E-state index is 0.296. The molecule has 7 nitrogen and oxygen atoms in total. The first-order valence-electron chi connectivity index (χ1n) is 10.2. The molecule has 0 aliphatic heterocycles. The first-order chi connectivity index (χ1) is 14.7. The number of benzene rings is 2. The van der Waals surface area contributed by atoms with Crippen LogP contribution in [-0.4, -0.2) is 35.4 Å². The minimum absolute atomic E-state index is 0.296. The zero-order valence-electron chi connectivity index (χ0n) is 17.4. The normalized spacial score (nSPS) is 11.6. The van der Waals surface area contributed by atoms with Crippen molar-refractivity contribution in [2.45, 2.75) is 39.7 Å². The highest BCUT2D eigenvalue weighted by Crippen LogP contribution is 2.29. The Hall–Kier alpha value is -3.61. The Morgan fingerprint density at radius 3 is 2.47 bits per heavy atom. The summed E-state index contributed by atoms with van der Waals surface area (Å²) in [6.07, 6.45) is 5.14. The van der Waals surface area contributed by atoms with Crippen LogP contribution in [0.25, 0.3) is 28.6 Å². The van der Waals surface area contributed by atoms with Gasteiger partial charge in [0.15, 0.2) is 17.5 Å². The van der Waals surface area contributed by atoms with Gasteiger partial charge in [-0.3, -0.25) is 0 Å². The van der Waals surface area contributed by atoms with Crippen LogP contribution in [0.4, 0.5) is 0 Å². The van der Waals surface area contributed by atoms with Crippen LogP contribution in [0.3, 0.4) is 0 Å². The lowest BCUT2D eigenvalue weighted by Gasteiger charge is -2.09. The molecule has 152 valence electrons. The van der Waals surface area contributed by atoms with Gasteiger partial charge in [-0.2, -0.15) is 5.10 Å². The van der Waals surface area contributed by atoms with Gasteiger partial charge in [-0.15, -0.1) is 5.10 Å². The maximum absolute atomic E-state index is 4.71. The first kappa shape index (κ1) is 19.7. The SMILES string of the molecule is CCC=Cc1nc(C(C)C)nn1Cc1ccc(-c2ccccc2-c2nnn[nH]2)cc1. The third kappa shape index (κ3) is 4.20. The molecule has 2 aromatic heterocycles. The second-order valence-corrected chi connectivity index (χ2v) is 7.44. The monoisotopic (exact) mass is 399 g/mol. The summed E-state index contributed by atoms with van der Waals surface area (Å²) in [4.78, 5) is 4.69. The van der Waals surface area contributed by atoms with Crippen LogP contribution in [0.1, 0.15) is 50.3 Å². The van der Waals surface area contributed by atoms with Crippen molar-refractivity contribution in [3.63, 3.8) is 0 Å². The van der Waals surface area contributed by atoms with Crippen molar-refractivity contribution in [1.29, 1.82) is 0 Å². The van der Waals surface area contributed by atoms with Crippen molar-refractivity contribution in [3.05, 3.63) is 71.8 Å². The Bertz CT molecular complexity index is 1120. The molecule has 0 fully saturated rings. The molecule has 7 heteroatoms. The minimum Gasteiger partial charge on any atom is -0.242 e. The lowest BCUT2D eigenvalue weighted by Crippen LogP contribution is -2.05. The lowest BCUT2D eigenvalue weighted by molar-refractivity contribution is 0.652. The first-order valence-corrected chi connectivity index (χ1v) is 10.2. The molecule has 0 amide bonds. The smallest absolute Gasteiger partial charge is 0.180 e. The van der Waals surface area contributed by atoms with Gasteiger partial charge in [-0.1, -0.05) is 75.4 Å². The van der Waals surface area contributed by atoms with Crippen molar-refractivity contribution in [2.24, 2.45) is 0 Å². The predicted molar refractivity (Wildman–Crippen MR) is 118 cm³/mol. The summed E-state index contributed by atoms with van der Waals surface area (Å²) in [6, 6.07) is 16.6. The Labute approximate surface area is 175 Å². The Morgan fingerprint density at radius 2 is 1.80 bits per heavy atom. The van der Waals surface area contributed by atoms with Crippen LogP contribution in [0.15, 0.2) is 54.6 Å². The molecule has 0 bridgehead atoms. The van der Waals surface area contributed by atoms with E-state index in [2.05, 4.69) is 83.9 Å². The van der Waals surface area contributed by atoms with E-state index in [1.807, 2.05) is 22.9 Å². The summed E-state index contributed by atoms with van der Waals surface area (Å²) in [7, 11) is 0. The number of H-pyrrole nitrogens is 1. The highest BCUT2D eigenvalue weighted by Gasteiger charge is 2.12. The molecule has 2 aromatic carbocycles. The van der Waals surface area contributed by atoms with Gasteiger partial charge in [0, 0.05) is 11.5 Å². The van der Waals surface area contributed by atoms with E-state index in [0.29, 0.717) is 18.3 Å². The van der Waals surface area contributed by atoms with Crippen LogP contribution < -0.4 is 0 Å². The standard InChI is InChI=1S/C23H25N7/c1-4-5-10-21-24-22(16(2)3)27-30(21)15-17-11-13-18(14-12-17)19-8-6-7-9-20(19)23-25-28-29-26-23/h5-14,16H,4,15H2,1-3H3,(H,25,26,28,29). The van der Waals surface area contributed by atoms with Crippen LogP contribution >= 0.6 is 0 Å². The van der Waals surface area contributed by atoms with Crippen molar-refractivity contribution < 1.29 is 0 Å². The third-order valence-corrected chi connectivity index (χ3v) is 4.86. The van der Waals surface area contributed by atoms with Gasteiger partial charge in [0.1, 0.15) is 0 Å². The number of hydrogen-bond donors (Lipinski definition) is 1. The van der Waals surface area contributed by atoms with Crippen LogP contribution in [0.2, 0.25) is 0 Å². The predicted octanol–water partition coefficient (Wildman–Crippen LogP) is 4.72. The van der Waals surface area contributed by atoms with E-state index in [1.54, 1.807) is 0 Å². The highest BCUT2D eigenvalue weighted by molar-refractivity contribution is 5.80. The second kappa shape index (κ2) is 8.82. The fourth-order valence-corrected chi connectivity index (χ4v) is 3.26. The number of nitrogens with one attached hydrogen (secondary N) is 1. The molecule has 2 heterocycles. The van der Waals surface area contributed by atoms with Crippen LogP contribution in [0, 0.1) is 0 Å². The van der Waals surface area contributed by atoms with Crippen molar-refractivity contribution >= 4 is 6.08 Å². The molecule has 0 aliphatic rings. The molecule has 0 atom stereocenters. The van der Waals surface area contributed by atoms with E-state index < -0.39 is 0 Å². The van der Waals surface area contributed by atoms with Gasteiger partial charge in [0.2, 0.25) is 0 Å². The fraction of sp³-hybridized carbons (Fsp3) is 0.261. The summed E-state index contributed by atoms with van der Waals surface area (Å²) in [6.45, 7) is 7.02. The molecule has 4 aromatic rings. The number of tetrazole rings is 1. The molecular weight excluding hydrogens is 374 g/mol. The van der Waals surface area contributed by atoms with Crippen molar-refractivity contribution in [2.75, 3.05) is 0 Å². The maximum Gasteiger partial charge on any atom is 0.180 e. The molecule has 1 N–H and O–H groups in total. The summed E-state index contributed by atoms with van der Waals surface area (Å²) in [5.41, 5.74) is 4.33. The molecule has 0 saturated carbocycles. The highest BCUT2D eigenvalue weighted by atomic mass is 15.5. The average Bonchev–Trinajstić information content (AvgIpc) is 3.43. The summed E-state index contributed by atoms with van der Waals surface area (Å²) in [5.74, 6) is 2.72. The molecular formula is C23H25N7. The van der Waals surface area contributed by atoms with E-state index in [0.717, 1.165) is 34.8 Å².